The number of hydrogen-bond donors (Lipinski definition) is 2. The molecule has 1 amide bonds. The summed E-state index contributed by atoms with van der Waals surface area (Å²) < 4.78 is 5.21. The van der Waals surface area contributed by atoms with Gasteiger partial charge in [0, 0.05) is 6.42 Å². The Labute approximate surface area is 117 Å². The van der Waals surface area contributed by atoms with E-state index in [0.29, 0.717) is 31.7 Å². The van der Waals surface area contributed by atoms with Crippen LogP contribution in [0.15, 0.2) is 18.2 Å². The lowest BCUT2D eigenvalue weighted by molar-refractivity contribution is -0.384. The molecule has 3 N–H and O–H groups in total. The molecule has 1 aromatic rings. The zero-order chi connectivity index (χ0) is 15.0. The molecule has 0 heterocycles. The Hall–Kier alpha value is -2.15. The van der Waals surface area contributed by atoms with Crippen molar-refractivity contribution < 1.29 is 14.5 Å². The second-order valence-corrected chi connectivity index (χ2v) is 4.16. The van der Waals surface area contributed by atoms with Gasteiger partial charge in [0.05, 0.1) is 17.6 Å². The number of rotatable bonds is 8. The highest BCUT2D eigenvalue weighted by Gasteiger charge is 2.17. The molecule has 0 saturated heterocycles. The number of carbonyl (C=O) groups is 1. The average Bonchev–Trinajstić information content (AvgIpc) is 2.41. The van der Waals surface area contributed by atoms with Crippen LogP contribution in [0.5, 0.6) is 5.75 Å². The van der Waals surface area contributed by atoms with E-state index < -0.39 is 4.92 Å². The molecule has 7 heteroatoms. The lowest BCUT2D eigenvalue weighted by Gasteiger charge is -2.08. The predicted molar refractivity (Wildman–Crippen MR) is 75.8 cm³/mol. The van der Waals surface area contributed by atoms with Gasteiger partial charge >= 0.3 is 0 Å². The first-order valence-corrected chi connectivity index (χ1v) is 6.49. The van der Waals surface area contributed by atoms with Gasteiger partial charge in [0.15, 0.2) is 0 Å². The third-order valence-corrected chi connectivity index (χ3v) is 2.61. The second kappa shape index (κ2) is 8.11. The van der Waals surface area contributed by atoms with Crippen LogP contribution in [0.4, 0.5) is 11.4 Å². The van der Waals surface area contributed by atoms with Crippen molar-refractivity contribution >= 4 is 17.3 Å². The molecule has 0 aliphatic carbocycles. The van der Waals surface area contributed by atoms with E-state index in [2.05, 4.69) is 5.32 Å². The number of ether oxygens (including phenoxy) is 1. The molecule has 0 fully saturated rings. The van der Waals surface area contributed by atoms with Crippen LogP contribution >= 0.6 is 0 Å². The number of amides is 1. The summed E-state index contributed by atoms with van der Waals surface area (Å²) in [6, 6.07) is 4.37. The molecule has 0 bridgehead atoms. The Kier molecular flexibility index (Phi) is 6.45. The Morgan fingerprint density at radius 1 is 1.45 bits per heavy atom. The first-order valence-electron chi connectivity index (χ1n) is 6.49. The lowest BCUT2D eigenvalue weighted by Crippen LogP contribution is -2.13. The van der Waals surface area contributed by atoms with E-state index >= 15 is 0 Å². The van der Waals surface area contributed by atoms with Crippen LogP contribution in [-0.4, -0.2) is 24.0 Å². The summed E-state index contributed by atoms with van der Waals surface area (Å²) in [6.45, 7) is 2.73. The predicted octanol–water partition coefficient (Wildman–Crippen LogP) is 2.06. The molecule has 0 aromatic heterocycles. The first kappa shape index (κ1) is 15.9. The molecular weight excluding hydrogens is 262 g/mol. The minimum absolute atomic E-state index is 0.177. The summed E-state index contributed by atoms with van der Waals surface area (Å²) >= 11 is 0. The lowest BCUT2D eigenvalue weighted by atomic mass is 10.2. The number of nitrogens with zero attached hydrogens (tertiary/aromatic N) is 1. The van der Waals surface area contributed by atoms with Crippen LogP contribution in [-0.2, 0) is 4.79 Å². The van der Waals surface area contributed by atoms with Gasteiger partial charge in [-0.2, -0.15) is 0 Å². The van der Waals surface area contributed by atoms with Crippen molar-refractivity contribution in [3.8, 4) is 5.75 Å². The third-order valence-electron chi connectivity index (χ3n) is 2.61. The Morgan fingerprint density at radius 3 is 2.80 bits per heavy atom. The van der Waals surface area contributed by atoms with Crippen LogP contribution in [0.2, 0.25) is 0 Å². The minimum atomic E-state index is -0.544. The maximum atomic E-state index is 11.7. The highest BCUT2D eigenvalue weighted by molar-refractivity contribution is 5.93. The van der Waals surface area contributed by atoms with Crippen molar-refractivity contribution in [2.45, 2.75) is 26.2 Å². The molecule has 110 valence electrons. The van der Waals surface area contributed by atoms with Crippen LogP contribution in [0, 0.1) is 10.1 Å². The molecule has 7 nitrogen and oxygen atoms in total. The SMILES string of the molecule is CCOc1ccc(NC(=O)CCCCN)c([N+](=O)[O-])c1. The molecule has 1 rings (SSSR count). The molecule has 0 atom stereocenters. The number of anilines is 1. The molecule has 0 aliphatic rings. The number of carbonyl (C=O) groups excluding carboxylic acids is 1. The number of hydrogen-bond acceptors (Lipinski definition) is 5. The van der Waals surface area contributed by atoms with Gasteiger partial charge in [0.1, 0.15) is 11.4 Å². The van der Waals surface area contributed by atoms with Crippen LogP contribution < -0.4 is 15.8 Å². The normalized spacial score (nSPS) is 10.1. The number of nitrogens with one attached hydrogen (secondary N) is 1. The molecule has 0 saturated carbocycles. The van der Waals surface area contributed by atoms with E-state index in [4.69, 9.17) is 10.5 Å². The van der Waals surface area contributed by atoms with E-state index in [1.165, 1.54) is 12.1 Å². The van der Waals surface area contributed by atoms with Gasteiger partial charge in [-0.15, -0.1) is 0 Å². The van der Waals surface area contributed by atoms with Crippen molar-refractivity contribution in [2.75, 3.05) is 18.5 Å². The van der Waals surface area contributed by atoms with Crippen LogP contribution in [0.3, 0.4) is 0 Å². The average molecular weight is 281 g/mol. The van der Waals surface area contributed by atoms with Crippen LogP contribution in [0.1, 0.15) is 26.2 Å². The highest BCUT2D eigenvalue weighted by Crippen LogP contribution is 2.29. The van der Waals surface area contributed by atoms with E-state index in [1.54, 1.807) is 13.0 Å². The molecule has 0 unspecified atom stereocenters. The zero-order valence-electron chi connectivity index (χ0n) is 11.4. The Balaban J connectivity index is 2.78. The van der Waals surface area contributed by atoms with Gasteiger partial charge in [-0.25, -0.2) is 0 Å². The van der Waals surface area contributed by atoms with Gasteiger partial charge in [-0.05, 0) is 38.4 Å². The maximum absolute atomic E-state index is 11.7. The number of nitrogens with two attached hydrogens (primary N) is 1. The topological polar surface area (TPSA) is 107 Å². The van der Waals surface area contributed by atoms with Crippen molar-refractivity contribution in [2.24, 2.45) is 5.73 Å². The largest absolute Gasteiger partial charge is 0.494 e. The fourth-order valence-electron chi connectivity index (χ4n) is 1.67. The smallest absolute Gasteiger partial charge is 0.296 e. The number of benzene rings is 1. The molecule has 0 aliphatic heterocycles. The van der Waals surface area contributed by atoms with Gasteiger partial charge in [-0.3, -0.25) is 14.9 Å². The van der Waals surface area contributed by atoms with E-state index in [-0.39, 0.29) is 17.3 Å². The zero-order valence-corrected chi connectivity index (χ0v) is 11.4. The molecule has 0 spiro atoms. The summed E-state index contributed by atoms with van der Waals surface area (Å²) in [5.41, 5.74) is 5.34. The van der Waals surface area contributed by atoms with Gasteiger partial charge in [0.25, 0.3) is 5.69 Å². The minimum Gasteiger partial charge on any atom is -0.494 e. The fraction of sp³-hybridized carbons (Fsp3) is 0.462. The quantitative estimate of drug-likeness (QED) is 0.431. The highest BCUT2D eigenvalue weighted by atomic mass is 16.6. The van der Waals surface area contributed by atoms with E-state index in [0.717, 1.165) is 6.42 Å². The third kappa shape index (κ3) is 4.85. The van der Waals surface area contributed by atoms with E-state index in [1.807, 2.05) is 0 Å². The van der Waals surface area contributed by atoms with Crippen LogP contribution in [0.25, 0.3) is 0 Å². The first-order chi connectivity index (χ1) is 9.58. The van der Waals surface area contributed by atoms with Gasteiger partial charge in [-0.1, -0.05) is 0 Å². The summed E-state index contributed by atoms with van der Waals surface area (Å²) in [5.74, 6) is 0.144. The number of unbranched alkanes of at least 4 members (excludes halogenated alkanes) is 1. The second-order valence-electron chi connectivity index (χ2n) is 4.16. The maximum Gasteiger partial charge on any atom is 0.296 e. The molecule has 1 aromatic carbocycles. The Morgan fingerprint density at radius 2 is 2.20 bits per heavy atom. The van der Waals surface area contributed by atoms with Crippen molar-refractivity contribution in [3.63, 3.8) is 0 Å². The summed E-state index contributed by atoms with van der Waals surface area (Å²) in [7, 11) is 0. The molecular formula is C13H19N3O4. The molecule has 0 radical (unpaired) electrons. The summed E-state index contributed by atoms with van der Waals surface area (Å²) in [5, 5.41) is 13.5. The summed E-state index contributed by atoms with van der Waals surface area (Å²) in [4.78, 5) is 22.1. The van der Waals surface area contributed by atoms with Gasteiger partial charge in [0.2, 0.25) is 5.91 Å². The number of nitro benzene ring substituents is 1. The Bertz CT molecular complexity index is 477. The molecule has 20 heavy (non-hydrogen) atoms. The van der Waals surface area contributed by atoms with Gasteiger partial charge < -0.3 is 15.8 Å². The monoisotopic (exact) mass is 281 g/mol. The summed E-state index contributed by atoms with van der Waals surface area (Å²) in [6.07, 6.45) is 1.70. The standard InChI is InChI=1S/C13H19N3O4/c1-2-20-10-6-7-11(12(9-10)16(18)19)15-13(17)5-3-4-8-14/h6-7,9H,2-5,8,14H2,1H3,(H,15,17). The fourth-order valence-corrected chi connectivity index (χ4v) is 1.67. The van der Waals surface area contributed by atoms with E-state index in [9.17, 15) is 14.9 Å². The van der Waals surface area contributed by atoms with Crippen molar-refractivity contribution in [1.29, 1.82) is 0 Å². The van der Waals surface area contributed by atoms with Crippen molar-refractivity contribution in [3.05, 3.63) is 28.3 Å². The van der Waals surface area contributed by atoms with Crippen molar-refractivity contribution in [1.82, 2.24) is 0 Å². The number of nitro groups is 1.